The van der Waals surface area contributed by atoms with E-state index in [4.69, 9.17) is 0 Å². The number of amides is 1. The highest BCUT2D eigenvalue weighted by Crippen LogP contribution is 2.21. The van der Waals surface area contributed by atoms with Gasteiger partial charge in [0, 0.05) is 12.0 Å². The fourth-order valence-electron chi connectivity index (χ4n) is 2.58. The Morgan fingerprint density at radius 1 is 1.14 bits per heavy atom. The number of carbonyl (C=O) groups excluding carboxylic acids is 1. The van der Waals surface area contributed by atoms with E-state index in [0.29, 0.717) is 18.5 Å². The van der Waals surface area contributed by atoms with Gasteiger partial charge in [0.1, 0.15) is 6.04 Å². The Morgan fingerprint density at radius 3 is 2.50 bits per heavy atom. The summed E-state index contributed by atoms with van der Waals surface area (Å²) in [5.74, 6) is -1.16. The lowest BCUT2D eigenvalue weighted by molar-refractivity contribution is -0.140. The molecule has 22 heavy (non-hydrogen) atoms. The zero-order chi connectivity index (χ0) is 15.5. The third kappa shape index (κ3) is 2.84. The Hall–Kier alpha value is -2.66. The van der Waals surface area contributed by atoms with Crippen LogP contribution in [0.3, 0.4) is 0 Å². The molecule has 0 saturated carbocycles. The van der Waals surface area contributed by atoms with Gasteiger partial charge in [-0.2, -0.15) is 0 Å². The molecule has 0 spiro atoms. The second-order valence-corrected chi connectivity index (χ2v) is 5.26. The highest BCUT2D eigenvalue weighted by molar-refractivity contribution is 5.98. The molecule has 5 nitrogen and oxygen atoms in total. The van der Waals surface area contributed by atoms with Crippen molar-refractivity contribution in [2.24, 2.45) is 0 Å². The van der Waals surface area contributed by atoms with Gasteiger partial charge < -0.3 is 5.11 Å². The number of nitrogens with one attached hydrogen (secondary N) is 1. The van der Waals surface area contributed by atoms with Gasteiger partial charge in [0.25, 0.3) is 5.91 Å². The lowest BCUT2D eigenvalue weighted by Gasteiger charge is -2.22. The molecule has 1 aliphatic rings. The largest absolute Gasteiger partial charge is 0.480 e. The minimum Gasteiger partial charge on any atom is -0.480 e. The molecule has 1 heterocycles. The smallest absolute Gasteiger partial charge is 0.322 e. The van der Waals surface area contributed by atoms with Crippen LogP contribution in [0.4, 0.5) is 0 Å². The maximum Gasteiger partial charge on any atom is 0.322 e. The molecule has 0 aliphatic carbocycles. The molecule has 0 bridgehead atoms. The molecule has 2 N–H and O–H groups in total. The van der Waals surface area contributed by atoms with E-state index in [0.717, 1.165) is 11.1 Å². The van der Waals surface area contributed by atoms with Crippen LogP contribution in [0, 0.1) is 0 Å². The van der Waals surface area contributed by atoms with E-state index in [1.54, 1.807) is 12.1 Å². The number of hydrogen-bond donors (Lipinski definition) is 2. The molecule has 2 aromatic rings. The Labute approximate surface area is 128 Å². The number of rotatable bonds is 5. The topological polar surface area (TPSA) is 69.6 Å². The van der Waals surface area contributed by atoms with E-state index in [9.17, 15) is 14.7 Å². The first kappa shape index (κ1) is 14.3. The molecule has 0 aromatic heterocycles. The first-order valence-corrected chi connectivity index (χ1v) is 7.08. The molecule has 112 valence electrons. The second-order valence-electron chi connectivity index (χ2n) is 5.26. The van der Waals surface area contributed by atoms with Gasteiger partial charge >= 0.3 is 5.97 Å². The van der Waals surface area contributed by atoms with Gasteiger partial charge in [-0.1, -0.05) is 48.5 Å². The van der Waals surface area contributed by atoms with E-state index in [1.165, 1.54) is 5.01 Å². The van der Waals surface area contributed by atoms with Gasteiger partial charge in [0.05, 0.1) is 6.54 Å². The molecule has 3 rings (SSSR count). The van der Waals surface area contributed by atoms with Gasteiger partial charge in [0.15, 0.2) is 0 Å². The normalized spacial score (nSPS) is 14.7. The number of hydrazine groups is 1. The van der Waals surface area contributed by atoms with E-state index in [2.05, 4.69) is 5.43 Å². The molecule has 1 atom stereocenters. The number of nitrogens with zero attached hydrogens (tertiary/aromatic N) is 1. The highest BCUT2D eigenvalue weighted by atomic mass is 16.4. The molecule has 0 fully saturated rings. The van der Waals surface area contributed by atoms with E-state index < -0.39 is 12.0 Å². The van der Waals surface area contributed by atoms with Crippen LogP contribution in [0.25, 0.3) is 0 Å². The predicted molar refractivity (Wildman–Crippen MR) is 81.0 cm³/mol. The van der Waals surface area contributed by atoms with Crippen molar-refractivity contribution in [1.29, 1.82) is 0 Å². The average molecular weight is 296 g/mol. The molecular weight excluding hydrogens is 280 g/mol. The number of aliphatic carboxylic acids is 1. The summed E-state index contributed by atoms with van der Waals surface area (Å²) in [4.78, 5) is 23.7. The Bertz CT molecular complexity index is 700. The van der Waals surface area contributed by atoms with Crippen LogP contribution < -0.4 is 5.43 Å². The van der Waals surface area contributed by atoms with Gasteiger partial charge in [-0.15, -0.1) is 0 Å². The Balaban J connectivity index is 1.73. The standard InChI is InChI=1S/C17H16N2O3/c20-16-14-9-5-4-8-13(14)11-19(16)18-15(17(21)22)10-12-6-2-1-3-7-12/h1-9,15,18H,10-11H2,(H,21,22). The second kappa shape index (κ2) is 5.99. The number of carboxylic acids is 1. The zero-order valence-corrected chi connectivity index (χ0v) is 11.9. The third-order valence-electron chi connectivity index (χ3n) is 3.71. The lowest BCUT2D eigenvalue weighted by Crippen LogP contribution is -2.49. The van der Waals surface area contributed by atoms with Crippen molar-refractivity contribution in [3.63, 3.8) is 0 Å². The van der Waals surface area contributed by atoms with Crippen molar-refractivity contribution in [2.45, 2.75) is 19.0 Å². The van der Waals surface area contributed by atoms with Crippen LogP contribution in [-0.4, -0.2) is 28.0 Å². The van der Waals surface area contributed by atoms with Crippen LogP contribution in [0.15, 0.2) is 54.6 Å². The number of hydrogen-bond acceptors (Lipinski definition) is 3. The summed E-state index contributed by atoms with van der Waals surface area (Å²) in [6.45, 7) is 0.383. The number of fused-ring (bicyclic) bond motifs is 1. The minimum absolute atomic E-state index is 0.185. The summed E-state index contributed by atoms with van der Waals surface area (Å²) < 4.78 is 0. The molecule has 0 saturated heterocycles. The first-order valence-electron chi connectivity index (χ1n) is 7.08. The molecule has 1 aliphatic heterocycles. The minimum atomic E-state index is -0.979. The fraction of sp³-hybridized carbons (Fsp3) is 0.176. The number of carbonyl (C=O) groups is 2. The summed E-state index contributed by atoms with van der Waals surface area (Å²) >= 11 is 0. The van der Waals surface area contributed by atoms with Crippen LogP contribution in [-0.2, 0) is 17.8 Å². The molecule has 1 unspecified atom stereocenters. The van der Waals surface area contributed by atoms with Gasteiger partial charge in [-0.25, -0.2) is 5.43 Å². The highest BCUT2D eigenvalue weighted by Gasteiger charge is 2.30. The number of benzene rings is 2. The van der Waals surface area contributed by atoms with Crippen LogP contribution >= 0.6 is 0 Å². The summed E-state index contributed by atoms with van der Waals surface area (Å²) in [5.41, 5.74) is 5.28. The van der Waals surface area contributed by atoms with Gasteiger partial charge in [-0.05, 0) is 17.2 Å². The van der Waals surface area contributed by atoms with Crippen molar-refractivity contribution in [3.05, 3.63) is 71.3 Å². The van der Waals surface area contributed by atoms with Crippen molar-refractivity contribution in [2.75, 3.05) is 0 Å². The van der Waals surface area contributed by atoms with Crippen molar-refractivity contribution in [1.82, 2.24) is 10.4 Å². The quantitative estimate of drug-likeness (QED) is 0.883. The van der Waals surface area contributed by atoms with Crippen molar-refractivity contribution >= 4 is 11.9 Å². The zero-order valence-electron chi connectivity index (χ0n) is 11.9. The lowest BCUT2D eigenvalue weighted by atomic mass is 10.1. The monoisotopic (exact) mass is 296 g/mol. The summed E-state index contributed by atoms with van der Waals surface area (Å²) in [5, 5.41) is 10.8. The number of carboxylic acid groups (broad SMARTS) is 1. The Kier molecular flexibility index (Phi) is 3.89. The van der Waals surface area contributed by atoms with E-state index >= 15 is 0 Å². The van der Waals surface area contributed by atoms with Gasteiger partial charge in [0.2, 0.25) is 0 Å². The predicted octanol–water partition coefficient (Wildman–Crippen LogP) is 1.84. The van der Waals surface area contributed by atoms with Crippen LogP contribution in [0.1, 0.15) is 21.5 Å². The van der Waals surface area contributed by atoms with Crippen molar-refractivity contribution in [3.8, 4) is 0 Å². The summed E-state index contributed by atoms with van der Waals surface area (Å²) in [7, 11) is 0. The fourth-order valence-corrected chi connectivity index (χ4v) is 2.58. The SMILES string of the molecule is O=C(O)C(Cc1ccccc1)NN1Cc2ccccc2C1=O. The van der Waals surface area contributed by atoms with Crippen LogP contribution in [0.2, 0.25) is 0 Å². The average Bonchev–Trinajstić information content (AvgIpc) is 2.84. The van der Waals surface area contributed by atoms with E-state index in [-0.39, 0.29) is 5.91 Å². The molecule has 0 radical (unpaired) electrons. The third-order valence-corrected chi connectivity index (χ3v) is 3.71. The molecular formula is C17H16N2O3. The van der Waals surface area contributed by atoms with Gasteiger partial charge in [-0.3, -0.25) is 14.6 Å². The maximum absolute atomic E-state index is 12.3. The maximum atomic E-state index is 12.3. The van der Waals surface area contributed by atoms with Crippen LogP contribution in [0.5, 0.6) is 0 Å². The molecule has 5 heteroatoms. The first-order chi connectivity index (χ1) is 10.6. The Morgan fingerprint density at radius 2 is 1.82 bits per heavy atom. The summed E-state index contributed by atoms with van der Waals surface area (Å²) in [6.07, 6.45) is 0.316. The molecule has 2 aromatic carbocycles. The summed E-state index contributed by atoms with van der Waals surface area (Å²) in [6, 6.07) is 15.8. The molecule has 1 amide bonds. The van der Waals surface area contributed by atoms with Crippen molar-refractivity contribution < 1.29 is 14.7 Å². The van der Waals surface area contributed by atoms with E-state index in [1.807, 2.05) is 42.5 Å².